The van der Waals surface area contributed by atoms with Crippen molar-refractivity contribution in [2.75, 3.05) is 26.2 Å². The van der Waals surface area contributed by atoms with E-state index in [4.69, 9.17) is 0 Å². The number of aromatic hydroxyl groups is 1. The number of hydrogen-bond donors (Lipinski definition) is 2. The number of nitrogens with zero attached hydrogens (tertiary/aromatic N) is 2. The molecule has 2 N–H and O–H groups in total. The molecule has 5 heteroatoms. The summed E-state index contributed by atoms with van der Waals surface area (Å²) in [5.41, 5.74) is 1.59. The second kappa shape index (κ2) is 8.57. The predicted molar refractivity (Wildman–Crippen MR) is 128 cm³/mol. The van der Waals surface area contributed by atoms with Gasteiger partial charge in [0.1, 0.15) is 12.4 Å². The van der Waals surface area contributed by atoms with Crippen LogP contribution in [-0.2, 0) is 4.79 Å². The van der Waals surface area contributed by atoms with Crippen molar-refractivity contribution in [1.29, 1.82) is 0 Å². The molecule has 1 amide bonds. The Bertz CT molecular complexity index is 836. The monoisotopic (exact) mass is 452 g/mol. The van der Waals surface area contributed by atoms with Crippen LogP contribution in [0.1, 0.15) is 75.7 Å². The molecule has 0 aromatic heterocycles. The molecule has 2 aliphatic heterocycles. The summed E-state index contributed by atoms with van der Waals surface area (Å²) in [6, 6.07) is 8.95. The number of benzene rings is 1. The van der Waals surface area contributed by atoms with E-state index in [1.807, 2.05) is 17.0 Å². The number of carbonyl (C=O) groups excluding carboxylic acids is 1. The maximum Gasteiger partial charge on any atom is 0.248 e. The van der Waals surface area contributed by atoms with Crippen LogP contribution >= 0.6 is 0 Å². The van der Waals surface area contributed by atoms with Gasteiger partial charge in [-0.25, -0.2) is 0 Å². The van der Waals surface area contributed by atoms with E-state index in [2.05, 4.69) is 11.0 Å². The maximum atomic E-state index is 12.8. The van der Waals surface area contributed by atoms with Crippen molar-refractivity contribution in [3.8, 4) is 5.75 Å². The smallest absolute Gasteiger partial charge is 0.248 e. The third-order valence-corrected chi connectivity index (χ3v) is 10.0. The molecular formula is C28H40N2O3. The lowest BCUT2D eigenvalue weighted by molar-refractivity contribution is -0.140. The Balaban J connectivity index is 1.11. The summed E-state index contributed by atoms with van der Waals surface area (Å²) >= 11 is 0. The normalized spacial score (nSPS) is 39.2. The van der Waals surface area contributed by atoms with Gasteiger partial charge in [-0.1, -0.05) is 12.1 Å². The maximum absolute atomic E-state index is 12.8. The van der Waals surface area contributed by atoms with Crippen LogP contribution in [0.5, 0.6) is 5.75 Å². The molecule has 4 saturated carbocycles. The van der Waals surface area contributed by atoms with Crippen LogP contribution in [0, 0.1) is 23.2 Å². The summed E-state index contributed by atoms with van der Waals surface area (Å²) < 4.78 is 0. The Labute approximate surface area is 198 Å². The minimum atomic E-state index is -0.362. The van der Waals surface area contributed by atoms with Crippen molar-refractivity contribution < 1.29 is 15.0 Å². The van der Waals surface area contributed by atoms with E-state index in [1.54, 1.807) is 6.07 Å². The van der Waals surface area contributed by atoms with Gasteiger partial charge >= 0.3 is 0 Å². The van der Waals surface area contributed by atoms with E-state index in [9.17, 15) is 15.0 Å². The Morgan fingerprint density at radius 3 is 2.21 bits per heavy atom. The van der Waals surface area contributed by atoms with Crippen LogP contribution in [0.3, 0.4) is 0 Å². The van der Waals surface area contributed by atoms with E-state index in [-0.39, 0.29) is 12.5 Å². The quantitative estimate of drug-likeness (QED) is 0.653. The molecule has 2 unspecified atom stereocenters. The molecular weight excluding hydrogens is 412 g/mol. The molecule has 2 atom stereocenters. The van der Waals surface area contributed by atoms with Gasteiger partial charge in [0.25, 0.3) is 0 Å². The first-order chi connectivity index (χ1) is 16.0. The van der Waals surface area contributed by atoms with Gasteiger partial charge in [-0.05, 0) is 111 Å². The molecule has 1 aromatic rings. The SMILES string of the molecule is O=C(CO)N(CCN1C2CCC1CC(c1cccc(O)c1)C2)CC12CC3CC(CC(C3)C1)C2. The number of carbonyl (C=O) groups is 1. The summed E-state index contributed by atoms with van der Waals surface area (Å²) in [5, 5.41) is 19.6. The molecule has 6 aliphatic rings. The molecule has 6 fully saturated rings. The first-order valence-corrected chi connectivity index (χ1v) is 13.4. The third-order valence-electron chi connectivity index (χ3n) is 10.0. The fourth-order valence-electron chi connectivity index (χ4n) is 9.21. The number of aliphatic hydroxyl groups excluding tert-OH is 1. The van der Waals surface area contributed by atoms with E-state index >= 15 is 0 Å². The molecule has 33 heavy (non-hydrogen) atoms. The van der Waals surface area contributed by atoms with Crippen molar-refractivity contribution >= 4 is 5.91 Å². The van der Waals surface area contributed by atoms with Gasteiger partial charge in [0.2, 0.25) is 5.91 Å². The van der Waals surface area contributed by atoms with E-state index in [0.717, 1.165) is 50.2 Å². The molecule has 0 spiro atoms. The van der Waals surface area contributed by atoms with Crippen molar-refractivity contribution in [3.05, 3.63) is 29.8 Å². The average molecular weight is 453 g/mol. The first-order valence-electron chi connectivity index (χ1n) is 13.4. The number of hydrogen-bond acceptors (Lipinski definition) is 4. The van der Waals surface area contributed by atoms with E-state index < -0.39 is 0 Å². The van der Waals surface area contributed by atoms with Gasteiger partial charge in [0.05, 0.1) is 0 Å². The molecule has 0 radical (unpaired) electrons. The number of piperidine rings is 1. The molecule has 5 nitrogen and oxygen atoms in total. The Hall–Kier alpha value is -1.59. The zero-order valence-corrected chi connectivity index (χ0v) is 19.9. The highest BCUT2D eigenvalue weighted by molar-refractivity contribution is 5.77. The van der Waals surface area contributed by atoms with Gasteiger partial charge in [0.15, 0.2) is 0 Å². The minimum Gasteiger partial charge on any atom is -0.508 e. The highest BCUT2D eigenvalue weighted by Crippen LogP contribution is 2.60. The van der Waals surface area contributed by atoms with Crippen LogP contribution in [0.4, 0.5) is 0 Å². The third kappa shape index (κ3) is 4.20. The fraction of sp³-hybridized carbons (Fsp3) is 0.750. The second-order valence-electron chi connectivity index (χ2n) is 12.3. The highest BCUT2D eigenvalue weighted by atomic mass is 16.3. The predicted octanol–water partition coefficient (Wildman–Crippen LogP) is 4.14. The van der Waals surface area contributed by atoms with Crippen molar-refractivity contribution in [1.82, 2.24) is 9.80 Å². The van der Waals surface area contributed by atoms with Gasteiger partial charge in [-0.15, -0.1) is 0 Å². The molecule has 6 bridgehead atoms. The molecule has 2 heterocycles. The molecule has 180 valence electrons. The highest BCUT2D eigenvalue weighted by Gasteiger charge is 2.51. The first kappa shape index (κ1) is 21.9. The summed E-state index contributed by atoms with van der Waals surface area (Å²) in [7, 11) is 0. The Morgan fingerprint density at radius 2 is 1.64 bits per heavy atom. The molecule has 4 aliphatic carbocycles. The van der Waals surface area contributed by atoms with Gasteiger partial charge in [-0.2, -0.15) is 0 Å². The minimum absolute atomic E-state index is 0.0762. The summed E-state index contributed by atoms with van der Waals surface area (Å²) in [6.07, 6.45) is 12.9. The van der Waals surface area contributed by atoms with Crippen LogP contribution in [0.25, 0.3) is 0 Å². The number of phenols is 1. The Morgan fingerprint density at radius 1 is 1.00 bits per heavy atom. The number of rotatable bonds is 7. The molecule has 2 saturated heterocycles. The average Bonchev–Trinajstić information content (AvgIpc) is 3.01. The summed E-state index contributed by atoms with van der Waals surface area (Å²) in [4.78, 5) is 17.5. The number of phenolic OH excluding ortho intramolecular Hbond substituents is 1. The molecule has 1 aromatic carbocycles. The van der Waals surface area contributed by atoms with Crippen LogP contribution in [0.15, 0.2) is 24.3 Å². The van der Waals surface area contributed by atoms with Crippen LogP contribution < -0.4 is 0 Å². The van der Waals surface area contributed by atoms with Crippen molar-refractivity contribution in [2.45, 2.75) is 82.2 Å². The number of fused-ring (bicyclic) bond motifs is 2. The van der Waals surface area contributed by atoms with E-state index in [1.165, 1.54) is 56.9 Å². The lowest BCUT2D eigenvalue weighted by Gasteiger charge is -2.58. The van der Waals surface area contributed by atoms with E-state index in [0.29, 0.717) is 29.2 Å². The lowest BCUT2D eigenvalue weighted by atomic mass is 9.49. The van der Waals surface area contributed by atoms with Gasteiger partial charge in [-0.3, -0.25) is 9.69 Å². The van der Waals surface area contributed by atoms with Crippen molar-refractivity contribution in [3.63, 3.8) is 0 Å². The topological polar surface area (TPSA) is 64.0 Å². The van der Waals surface area contributed by atoms with Gasteiger partial charge < -0.3 is 15.1 Å². The number of aliphatic hydroxyl groups is 1. The summed E-state index contributed by atoms with van der Waals surface area (Å²) in [5.74, 6) is 3.46. The second-order valence-corrected chi connectivity index (χ2v) is 12.3. The van der Waals surface area contributed by atoms with Crippen LogP contribution in [0.2, 0.25) is 0 Å². The van der Waals surface area contributed by atoms with Crippen molar-refractivity contribution in [2.24, 2.45) is 23.2 Å². The summed E-state index contributed by atoms with van der Waals surface area (Å²) in [6.45, 7) is 2.19. The van der Waals surface area contributed by atoms with Crippen LogP contribution in [-0.4, -0.2) is 64.2 Å². The largest absolute Gasteiger partial charge is 0.508 e. The zero-order valence-electron chi connectivity index (χ0n) is 19.9. The van der Waals surface area contributed by atoms with Gasteiger partial charge in [0, 0.05) is 31.7 Å². The Kier molecular flexibility index (Phi) is 5.69. The lowest BCUT2D eigenvalue weighted by Crippen LogP contribution is -2.54. The molecule has 7 rings (SSSR count). The standard InChI is InChI=1S/C28H40N2O3/c31-17-27(33)29(18-28-14-19-8-20(15-28)10-21(9-19)16-28)6-7-30-24-4-5-25(30)12-23(11-24)22-2-1-3-26(32)13-22/h1-3,13,19-21,23-25,31-32H,4-12,14-18H2. The number of amides is 1. The zero-order chi connectivity index (χ0) is 22.6. The fourth-order valence-corrected chi connectivity index (χ4v) is 9.21.